The van der Waals surface area contributed by atoms with E-state index in [4.69, 9.17) is 0 Å². The Hall–Kier alpha value is -1.89. The summed E-state index contributed by atoms with van der Waals surface area (Å²) in [5.74, 6) is 2.78. The molecule has 7 nitrogen and oxygen atoms in total. The Morgan fingerprint density at radius 1 is 1.04 bits per heavy atom. The minimum atomic E-state index is 0.845. The summed E-state index contributed by atoms with van der Waals surface area (Å²) in [6.45, 7) is 7.04. The van der Waals surface area contributed by atoms with Crippen molar-refractivity contribution in [1.29, 1.82) is 0 Å². The topological polar surface area (TPSA) is 68.7 Å². The molecule has 1 aromatic rings. The zero-order valence-corrected chi connectivity index (χ0v) is 17.4. The molecule has 1 aromatic heterocycles. The van der Waals surface area contributed by atoms with E-state index in [1.54, 1.807) is 0 Å². The molecule has 0 bridgehead atoms. The van der Waals surface area contributed by atoms with Crippen LogP contribution >= 0.6 is 0 Å². The van der Waals surface area contributed by atoms with Crippen molar-refractivity contribution in [2.45, 2.75) is 44.9 Å². The summed E-state index contributed by atoms with van der Waals surface area (Å²) >= 11 is 0. The van der Waals surface area contributed by atoms with E-state index in [0.29, 0.717) is 0 Å². The van der Waals surface area contributed by atoms with Crippen molar-refractivity contribution in [3.63, 3.8) is 0 Å². The number of anilines is 1. The normalized spacial score (nSPS) is 19.2. The van der Waals surface area contributed by atoms with Crippen LogP contribution in [0.1, 0.15) is 44.9 Å². The Labute approximate surface area is 170 Å². The van der Waals surface area contributed by atoms with E-state index < -0.39 is 0 Å². The molecule has 3 rings (SSSR count). The molecule has 0 atom stereocenters. The van der Waals surface area contributed by atoms with Gasteiger partial charge in [0.25, 0.3) is 0 Å². The van der Waals surface area contributed by atoms with Crippen LogP contribution in [0, 0.1) is 5.92 Å². The number of nitrogens with zero attached hydrogens (tertiary/aromatic N) is 5. The SMILES string of the molecule is CN=C(NCCCCC1CCCC1)NCCN1CCN(c2ncccn2)CC1. The van der Waals surface area contributed by atoms with E-state index in [9.17, 15) is 0 Å². The van der Waals surface area contributed by atoms with Gasteiger partial charge in [0.05, 0.1) is 0 Å². The fraction of sp³-hybridized carbons (Fsp3) is 0.762. The monoisotopic (exact) mass is 387 g/mol. The highest BCUT2D eigenvalue weighted by Gasteiger charge is 2.18. The molecule has 0 radical (unpaired) electrons. The van der Waals surface area contributed by atoms with E-state index in [2.05, 4.69) is 35.4 Å². The number of aliphatic imine (C=N–C) groups is 1. The molecule has 1 saturated heterocycles. The summed E-state index contributed by atoms with van der Waals surface area (Å²) in [6.07, 6.45) is 13.4. The smallest absolute Gasteiger partial charge is 0.225 e. The van der Waals surface area contributed by atoms with Gasteiger partial charge in [0.2, 0.25) is 5.95 Å². The number of hydrogen-bond donors (Lipinski definition) is 2. The maximum absolute atomic E-state index is 4.35. The standard InChI is InChI=1S/C21H37N7/c1-22-20(23-10-5-4-9-19-7-2-3-8-19)24-13-14-27-15-17-28(18-16-27)21-25-11-6-12-26-21/h6,11-12,19H,2-5,7-10,13-18H2,1H3,(H2,22,23,24). The highest BCUT2D eigenvalue weighted by Crippen LogP contribution is 2.28. The molecule has 2 heterocycles. The van der Waals surface area contributed by atoms with Crippen LogP contribution in [-0.4, -0.2) is 73.7 Å². The molecule has 1 saturated carbocycles. The van der Waals surface area contributed by atoms with E-state index in [0.717, 1.165) is 63.6 Å². The first kappa shape index (κ1) is 20.8. The maximum atomic E-state index is 4.35. The molecule has 28 heavy (non-hydrogen) atoms. The summed E-state index contributed by atoms with van der Waals surface area (Å²) in [7, 11) is 1.85. The first-order chi connectivity index (χ1) is 13.8. The summed E-state index contributed by atoms with van der Waals surface area (Å²) in [4.78, 5) is 17.8. The van der Waals surface area contributed by atoms with Gasteiger partial charge in [0.15, 0.2) is 5.96 Å². The third-order valence-corrected chi connectivity index (χ3v) is 5.96. The van der Waals surface area contributed by atoms with Gasteiger partial charge in [-0.1, -0.05) is 38.5 Å². The minimum absolute atomic E-state index is 0.845. The van der Waals surface area contributed by atoms with Gasteiger partial charge in [-0.3, -0.25) is 9.89 Å². The number of unbranched alkanes of at least 4 members (excludes halogenated alkanes) is 1. The minimum Gasteiger partial charge on any atom is -0.356 e. The molecular weight excluding hydrogens is 350 g/mol. The average molecular weight is 388 g/mol. The Balaban J connectivity index is 1.23. The van der Waals surface area contributed by atoms with Crippen molar-refractivity contribution in [3.05, 3.63) is 18.5 Å². The number of hydrogen-bond acceptors (Lipinski definition) is 5. The largest absolute Gasteiger partial charge is 0.356 e. The fourth-order valence-corrected chi connectivity index (χ4v) is 4.24. The summed E-state index contributed by atoms with van der Waals surface area (Å²) in [5, 5.41) is 6.91. The summed E-state index contributed by atoms with van der Waals surface area (Å²) in [6, 6.07) is 1.86. The lowest BCUT2D eigenvalue weighted by Gasteiger charge is -2.34. The van der Waals surface area contributed by atoms with Crippen LogP contribution in [0.3, 0.4) is 0 Å². The lowest BCUT2D eigenvalue weighted by molar-refractivity contribution is 0.260. The Kier molecular flexibility index (Phi) is 8.81. The van der Waals surface area contributed by atoms with Crippen LogP contribution in [0.4, 0.5) is 5.95 Å². The molecule has 7 heteroatoms. The average Bonchev–Trinajstić information content (AvgIpc) is 3.27. The molecule has 156 valence electrons. The zero-order valence-electron chi connectivity index (χ0n) is 17.4. The number of nitrogens with one attached hydrogen (secondary N) is 2. The first-order valence-corrected chi connectivity index (χ1v) is 11.0. The molecule has 2 aliphatic rings. The van der Waals surface area contributed by atoms with E-state index in [-0.39, 0.29) is 0 Å². The molecular formula is C21H37N7. The van der Waals surface area contributed by atoms with Crippen molar-refractivity contribution in [2.75, 3.05) is 57.8 Å². The van der Waals surface area contributed by atoms with Crippen LogP contribution in [0.25, 0.3) is 0 Å². The van der Waals surface area contributed by atoms with E-state index in [1.165, 1.54) is 44.9 Å². The van der Waals surface area contributed by atoms with Crippen LogP contribution in [0.5, 0.6) is 0 Å². The Bertz CT molecular complexity index is 563. The quantitative estimate of drug-likeness (QED) is 0.384. The Morgan fingerprint density at radius 2 is 1.75 bits per heavy atom. The first-order valence-electron chi connectivity index (χ1n) is 11.0. The molecule has 0 spiro atoms. The molecule has 0 amide bonds. The second-order valence-corrected chi connectivity index (χ2v) is 7.95. The van der Waals surface area contributed by atoms with Crippen LogP contribution in [-0.2, 0) is 0 Å². The number of rotatable bonds is 9. The molecule has 0 aromatic carbocycles. The summed E-state index contributed by atoms with van der Waals surface area (Å²) < 4.78 is 0. The number of aromatic nitrogens is 2. The molecule has 2 fully saturated rings. The van der Waals surface area contributed by atoms with E-state index in [1.807, 2.05) is 25.5 Å². The van der Waals surface area contributed by atoms with Gasteiger partial charge >= 0.3 is 0 Å². The van der Waals surface area contributed by atoms with Crippen LogP contribution in [0.15, 0.2) is 23.5 Å². The van der Waals surface area contributed by atoms with Crippen LogP contribution < -0.4 is 15.5 Å². The maximum Gasteiger partial charge on any atom is 0.225 e. The molecule has 0 unspecified atom stereocenters. The molecule has 1 aliphatic heterocycles. The van der Waals surface area contributed by atoms with Gasteiger partial charge in [-0.05, 0) is 18.4 Å². The van der Waals surface area contributed by atoms with Gasteiger partial charge in [-0.25, -0.2) is 9.97 Å². The highest BCUT2D eigenvalue weighted by atomic mass is 15.3. The molecule has 1 aliphatic carbocycles. The number of guanidine groups is 1. The van der Waals surface area contributed by atoms with Gasteiger partial charge in [0, 0.05) is 65.3 Å². The summed E-state index contributed by atoms with van der Waals surface area (Å²) in [5.41, 5.74) is 0. The third-order valence-electron chi connectivity index (χ3n) is 5.96. The van der Waals surface area contributed by atoms with Crippen molar-refractivity contribution < 1.29 is 0 Å². The van der Waals surface area contributed by atoms with Crippen molar-refractivity contribution in [1.82, 2.24) is 25.5 Å². The van der Waals surface area contributed by atoms with Gasteiger partial charge < -0.3 is 15.5 Å². The second kappa shape index (κ2) is 11.8. The van der Waals surface area contributed by atoms with Crippen molar-refractivity contribution in [2.24, 2.45) is 10.9 Å². The zero-order chi connectivity index (χ0) is 19.4. The van der Waals surface area contributed by atoms with Crippen LogP contribution in [0.2, 0.25) is 0 Å². The lowest BCUT2D eigenvalue weighted by Crippen LogP contribution is -2.49. The molecule has 2 N–H and O–H groups in total. The second-order valence-electron chi connectivity index (χ2n) is 7.95. The van der Waals surface area contributed by atoms with Crippen molar-refractivity contribution in [3.8, 4) is 0 Å². The van der Waals surface area contributed by atoms with Gasteiger partial charge in [0.1, 0.15) is 0 Å². The third kappa shape index (κ3) is 6.93. The van der Waals surface area contributed by atoms with Gasteiger partial charge in [-0.15, -0.1) is 0 Å². The van der Waals surface area contributed by atoms with Crippen molar-refractivity contribution >= 4 is 11.9 Å². The lowest BCUT2D eigenvalue weighted by atomic mass is 10.0. The fourth-order valence-electron chi connectivity index (χ4n) is 4.24. The number of piperazine rings is 1. The predicted molar refractivity (Wildman–Crippen MR) is 116 cm³/mol. The predicted octanol–water partition coefficient (Wildman–Crippen LogP) is 2.12. The Morgan fingerprint density at radius 3 is 2.46 bits per heavy atom. The van der Waals surface area contributed by atoms with Gasteiger partial charge in [-0.2, -0.15) is 0 Å². The van der Waals surface area contributed by atoms with E-state index >= 15 is 0 Å². The highest BCUT2D eigenvalue weighted by molar-refractivity contribution is 5.79.